The van der Waals surface area contributed by atoms with E-state index < -0.39 is 10.0 Å². The summed E-state index contributed by atoms with van der Waals surface area (Å²) in [5, 5.41) is 2.84. The lowest BCUT2D eigenvalue weighted by Crippen LogP contribution is -2.15. The topological polar surface area (TPSA) is 88.4 Å². The SMILES string of the molecule is Cc1ccc(NC(=O)CCc2ccc(C3CC3C)o2)cc1NS(=O)(=O)c1ccccc1. The third kappa shape index (κ3) is 5.17. The molecule has 0 radical (unpaired) electrons. The van der Waals surface area contributed by atoms with Crippen LogP contribution in [0.1, 0.15) is 42.8 Å². The summed E-state index contributed by atoms with van der Waals surface area (Å²) in [4.78, 5) is 12.6. The number of nitrogens with one attached hydrogen (secondary N) is 2. The van der Waals surface area contributed by atoms with Gasteiger partial charge in [-0.25, -0.2) is 8.42 Å². The van der Waals surface area contributed by atoms with Crippen LogP contribution < -0.4 is 10.0 Å². The predicted molar refractivity (Wildman–Crippen MR) is 121 cm³/mol. The Balaban J connectivity index is 1.37. The van der Waals surface area contributed by atoms with Crippen LogP contribution in [-0.2, 0) is 21.2 Å². The maximum atomic E-state index is 12.6. The van der Waals surface area contributed by atoms with Gasteiger partial charge in [0.1, 0.15) is 11.5 Å². The van der Waals surface area contributed by atoms with E-state index in [9.17, 15) is 13.2 Å². The zero-order valence-corrected chi connectivity index (χ0v) is 18.4. The molecule has 31 heavy (non-hydrogen) atoms. The molecule has 3 aromatic rings. The van der Waals surface area contributed by atoms with Crippen LogP contribution in [0.3, 0.4) is 0 Å². The fourth-order valence-electron chi connectivity index (χ4n) is 3.52. The molecule has 2 atom stereocenters. The molecule has 2 aromatic carbocycles. The van der Waals surface area contributed by atoms with Gasteiger partial charge in [-0.15, -0.1) is 0 Å². The maximum Gasteiger partial charge on any atom is 0.261 e. The van der Waals surface area contributed by atoms with Crippen molar-refractivity contribution in [3.63, 3.8) is 0 Å². The Hall–Kier alpha value is -3.06. The van der Waals surface area contributed by atoms with Crippen molar-refractivity contribution in [1.29, 1.82) is 0 Å². The number of aryl methyl sites for hydroxylation is 2. The third-order valence-corrected chi connectivity index (χ3v) is 6.96. The first-order valence-corrected chi connectivity index (χ1v) is 11.9. The van der Waals surface area contributed by atoms with Crippen molar-refractivity contribution in [3.8, 4) is 0 Å². The van der Waals surface area contributed by atoms with Gasteiger partial charge in [-0.3, -0.25) is 9.52 Å². The Morgan fingerprint density at radius 2 is 1.84 bits per heavy atom. The number of carbonyl (C=O) groups excluding carboxylic acids is 1. The second-order valence-corrected chi connectivity index (χ2v) is 9.80. The number of hydrogen-bond acceptors (Lipinski definition) is 4. The van der Waals surface area contributed by atoms with E-state index in [1.807, 2.05) is 19.1 Å². The van der Waals surface area contributed by atoms with Crippen molar-refractivity contribution in [2.75, 3.05) is 10.0 Å². The molecule has 1 aromatic heterocycles. The van der Waals surface area contributed by atoms with E-state index in [0.717, 1.165) is 23.5 Å². The normalized spacial score (nSPS) is 17.9. The lowest BCUT2D eigenvalue weighted by atomic mass is 10.2. The lowest BCUT2D eigenvalue weighted by molar-refractivity contribution is -0.116. The summed E-state index contributed by atoms with van der Waals surface area (Å²) in [7, 11) is -3.71. The number of rotatable bonds is 8. The molecule has 162 valence electrons. The van der Waals surface area contributed by atoms with Crippen LogP contribution in [0.4, 0.5) is 11.4 Å². The van der Waals surface area contributed by atoms with Gasteiger partial charge in [-0.1, -0.05) is 31.2 Å². The lowest BCUT2D eigenvalue weighted by Gasteiger charge is -2.13. The van der Waals surface area contributed by atoms with Crippen LogP contribution in [0.25, 0.3) is 0 Å². The quantitative estimate of drug-likeness (QED) is 0.513. The van der Waals surface area contributed by atoms with E-state index in [1.165, 1.54) is 12.1 Å². The van der Waals surface area contributed by atoms with Gasteiger partial charge in [0.15, 0.2) is 0 Å². The van der Waals surface area contributed by atoms with Crippen LogP contribution in [0, 0.1) is 12.8 Å². The van der Waals surface area contributed by atoms with Crippen LogP contribution in [0.5, 0.6) is 0 Å². The molecular weight excluding hydrogens is 412 g/mol. The Kier molecular flexibility index (Phi) is 5.87. The summed E-state index contributed by atoms with van der Waals surface area (Å²) in [6.45, 7) is 4.01. The van der Waals surface area contributed by atoms with Gasteiger partial charge in [-0.2, -0.15) is 0 Å². The Morgan fingerprint density at radius 1 is 1.10 bits per heavy atom. The van der Waals surface area contributed by atoms with E-state index in [4.69, 9.17) is 4.42 Å². The van der Waals surface area contributed by atoms with Crippen LogP contribution in [0.15, 0.2) is 70.0 Å². The average molecular weight is 439 g/mol. The molecule has 1 heterocycles. The van der Waals surface area contributed by atoms with Gasteiger partial charge in [0.05, 0.1) is 10.6 Å². The standard InChI is InChI=1S/C24H26N2O4S/c1-16-8-9-18(15-22(16)26-31(28,29)20-6-4-3-5-7-20)25-24(27)13-11-19-10-12-23(30-19)21-14-17(21)2/h3-10,12,15,17,21,26H,11,13-14H2,1-2H3,(H,25,27). The maximum absolute atomic E-state index is 12.6. The highest BCUT2D eigenvalue weighted by molar-refractivity contribution is 7.92. The molecular formula is C24H26N2O4S. The zero-order chi connectivity index (χ0) is 22.0. The van der Waals surface area contributed by atoms with Crippen molar-refractivity contribution in [3.05, 3.63) is 77.7 Å². The van der Waals surface area contributed by atoms with E-state index in [-0.39, 0.29) is 17.2 Å². The molecule has 4 rings (SSSR count). The highest BCUT2D eigenvalue weighted by atomic mass is 32.2. The summed E-state index contributed by atoms with van der Waals surface area (Å²) >= 11 is 0. The first-order chi connectivity index (χ1) is 14.8. The molecule has 2 N–H and O–H groups in total. The summed E-state index contributed by atoms with van der Waals surface area (Å²) in [5.74, 6) is 2.87. The molecule has 1 saturated carbocycles. The van der Waals surface area contributed by atoms with E-state index in [2.05, 4.69) is 17.0 Å². The van der Waals surface area contributed by atoms with Crippen molar-refractivity contribution >= 4 is 27.3 Å². The highest BCUT2D eigenvalue weighted by Gasteiger charge is 2.36. The molecule has 1 aliphatic carbocycles. The van der Waals surface area contributed by atoms with Gasteiger partial charge < -0.3 is 9.73 Å². The molecule has 1 amide bonds. The number of anilines is 2. The van der Waals surface area contributed by atoms with E-state index in [0.29, 0.717) is 29.6 Å². The monoisotopic (exact) mass is 438 g/mol. The van der Waals surface area contributed by atoms with Crippen molar-refractivity contribution in [2.24, 2.45) is 5.92 Å². The fourth-order valence-corrected chi connectivity index (χ4v) is 4.66. The van der Waals surface area contributed by atoms with Crippen LogP contribution >= 0.6 is 0 Å². The Morgan fingerprint density at radius 3 is 2.55 bits per heavy atom. The van der Waals surface area contributed by atoms with Crippen LogP contribution in [-0.4, -0.2) is 14.3 Å². The smallest absolute Gasteiger partial charge is 0.261 e. The molecule has 7 heteroatoms. The van der Waals surface area contributed by atoms with Crippen molar-refractivity contribution in [2.45, 2.75) is 43.9 Å². The first kappa shape index (κ1) is 21.2. The molecule has 2 unspecified atom stereocenters. The molecule has 1 aliphatic rings. The third-order valence-electron chi connectivity index (χ3n) is 5.57. The summed E-state index contributed by atoms with van der Waals surface area (Å²) in [5.41, 5.74) is 1.72. The van der Waals surface area contributed by atoms with E-state index >= 15 is 0 Å². The van der Waals surface area contributed by atoms with Gasteiger partial charge in [-0.05, 0) is 61.2 Å². The Labute approximate surface area is 182 Å². The molecule has 0 aliphatic heterocycles. The number of benzene rings is 2. The average Bonchev–Trinajstić information content (AvgIpc) is 3.29. The molecule has 6 nitrogen and oxygen atoms in total. The first-order valence-electron chi connectivity index (χ1n) is 10.4. The zero-order valence-electron chi connectivity index (χ0n) is 17.6. The van der Waals surface area contributed by atoms with Gasteiger partial charge in [0.2, 0.25) is 5.91 Å². The van der Waals surface area contributed by atoms with Crippen molar-refractivity contribution < 1.29 is 17.6 Å². The van der Waals surface area contributed by atoms with Gasteiger partial charge in [0, 0.05) is 24.4 Å². The number of sulfonamides is 1. The van der Waals surface area contributed by atoms with E-state index in [1.54, 1.807) is 36.4 Å². The summed E-state index contributed by atoms with van der Waals surface area (Å²) in [6, 6.07) is 17.3. The predicted octanol–water partition coefficient (Wildman–Crippen LogP) is 5.08. The number of amides is 1. The highest BCUT2D eigenvalue weighted by Crippen LogP contribution is 2.47. The molecule has 0 saturated heterocycles. The Bertz CT molecular complexity index is 1190. The van der Waals surface area contributed by atoms with Crippen molar-refractivity contribution in [1.82, 2.24) is 0 Å². The number of carbonyl (C=O) groups is 1. The van der Waals surface area contributed by atoms with Gasteiger partial charge in [0.25, 0.3) is 10.0 Å². The van der Waals surface area contributed by atoms with Crippen LogP contribution in [0.2, 0.25) is 0 Å². The summed E-state index contributed by atoms with van der Waals surface area (Å²) in [6.07, 6.45) is 1.97. The minimum Gasteiger partial charge on any atom is -0.466 e. The number of furan rings is 1. The fraction of sp³-hybridized carbons (Fsp3) is 0.292. The minimum absolute atomic E-state index is 0.154. The number of hydrogen-bond donors (Lipinski definition) is 2. The summed E-state index contributed by atoms with van der Waals surface area (Å²) < 4.78 is 33.7. The van der Waals surface area contributed by atoms with Gasteiger partial charge >= 0.3 is 0 Å². The molecule has 1 fully saturated rings. The second kappa shape index (κ2) is 8.59. The largest absolute Gasteiger partial charge is 0.466 e. The second-order valence-electron chi connectivity index (χ2n) is 8.12. The molecule has 0 spiro atoms. The molecule has 0 bridgehead atoms. The minimum atomic E-state index is -3.71.